The standard InChI is InChI=1S/C11H13N3S/c1-9(11-13-6-7-15-11)14-8-10-4-2-3-5-12-10/h2-7,9,14H,8H2,1H3/t9-/m1/s1. The van der Waals surface area contributed by atoms with Crippen LogP contribution >= 0.6 is 11.3 Å². The third-order valence-electron chi connectivity index (χ3n) is 2.14. The highest BCUT2D eigenvalue weighted by Gasteiger charge is 2.06. The van der Waals surface area contributed by atoms with Crippen molar-refractivity contribution in [2.24, 2.45) is 0 Å². The molecule has 0 aliphatic heterocycles. The van der Waals surface area contributed by atoms with E-state index in [1.165, 1.54) is 0 Å². The summed E-state index contributed by atoms with van der Waals surface area (Å²) in [6.45, 7) is 2.89. The van der Waals surface area contributed by atoms with Crippen LogP contribution in [-0.4, -0.2) is 9.97 Å². The maximum Gasteiger partial charge on any atom is 0.109 e. The number of hydrogen-bond acceptors (Lipinski definition) is 4. The summed E-state index contributed by atoms with van der Waals surface area (Å²) in [4.78, 5) is 8.52. The highest BCUT2D eigenvalue weighted by molar-refractivity contribution is 7.09. The molecule has 78 valence electrons. The highest BCUT2D eigenvalue weighted by atomic mass is 32.1. The van der Waals surface area contributed by atoms with Crippen LogP contribution in [0.5, 0.6) is 0 Å². The first-order valence-electron chi connectivity index (χ1n) is 4.89. The van der Waals surface area contributed by atoms with E-state index >= 15 is 0 Å². The number of aromatic nitrogens is 2. The van der Waals surface area contributed by atoms with Gasteiger partial charge in [0.05, 0.1) is 11.7 Å². The Morgan fingerprint density at radius 2 is 2.27 bits per heavy atom. The number of hydrogen-bond donors (Lipinski definition) is 1. The molecule has 0 unspecified atom stereocenters. The number of rotatable bonds is 4. The van der Waals surface area contributed by atoms with Gasteiger partial charge in [0.2, 0.25) is 0 Å². The summed E-state index contributed by atoms with van der Waals surface area (Å²) in [6.07, 6.45) is 3.64. The molecule has 0 aromatic carbocycles. The van der Waals surface area contributed by atoms with Crippen LogP contribution in [-0.2, 0) is 6.54 Å². The van der Waals surface area contributed by atoms with Crippen LogP contribution in [0.2, 0.25) is 0 Å². The van der Waals surface area contributed by atoms with Gasteiger partial charge in [-0.1, -0.05) is 6.07 Å². The Bertz CT molecular complexity index is 385. The molecule has 4 heteroatoms. The van der Waals surface area contributed by atoms with E-state index in [1.807, 2.05) is 36.0 Å². The minimum absolute atomic E-state index is 0.284. The van der Waals surface area contributed by atoms with Crippen molar-refractivity contribution in [2.45, 2.75) is 19.5 Å². The average Bonchev–Trinajstić information content (AvgIpc) is 2.81. The second kappa shape index (κ2) is 5.00. The van der Waals surface area contributed by atoms with Crippen LogP contribution in [0.25, 0.3) is 0 Å². The van der Waals surface area contributed by atoms with Crippen molar-refractivity contribution in [3.8, 4) is 0 Å². The molecule has 0 radical (unpaired) electrons. The Kier molecular flexibility index (Phi) is 3.42. The molecular formula is C11H13N3S. The lowest BCUT2D eigenvalue weighted by Crippen LogP contribution is -2.18. The first-order valence-corrected chi connectivity index (χ1v) is 5.77. The van der Waals surface area contributed by atoms with E-state index < -0.39 is 0 Å². The lowest BCUT2D eigenvalue weighted by Gasteiger charge is -2.10. The normalized spacial score (nSPS) is 12.6. The molecule has 2 aromatic heterocycles. The number of pyridine rings is 1. The second-order valence-corrected chi connectivity index (χ2v) is 4.22. The summed E-state index contributed by atoms with van der Waals surface area (Å²) >= 11 is 1.67. The van der Waals surface area contributed by atoms with E-state index in [0.717, 1.165) is 17.2 Å². The molecule has 3 nitrogen and oxygen atoms in total. The molecule has 0 saturated carbocycles. The van der Waals surface area contributed by atoms with Crippen LogP contribution in [0.4, 0.5) is 0 Å². The van der Waals surface area contributed by atoms with E-state index in [-0.39, 0.29) is 6.04 Å². The number of nitrogens with one attached hydrogen (secondary N) is 1. The predicted octanol–water partition coefficient (Wildman–Crippen LogP) is 2.39. The van der Waals surface area contributed by atoms with Crippen molar-refractivity contribution < 1.29 is 0 Å². The van der Waals surface area contributed by atoms with E-state index in [9.17, 15) is 0 Å². The molecule has 0 fully saturated rings. The van der Waals surface area contributed by atoms with Gasteiger partial charge in [0.1, 0.15) is 5.01 Å². The fourth-order valence-electron chi connectivity index (χ4n) is 1.30. The van der Waals surface area contributed by atoms with E-state index in [2.05, 4.69) is 22.2 Å². The van der Waals surface area contributed by atoms with Gasteiger partial charge in [-0.2, -0.15) is 0 Å². The lowest BCUT2D eigenvalue weighted by molar-refractivity contribution is 0.565. The molecule has 0 bridgehead atoms. The van der Waals surface area contributed by atoms with Gasteiger partial charge in [-0.3, -0.25) is 4.98 Å². The van der Waals surface area contributed by atoms with E-state index in [1.54, 1.807) is 11.3 Å². The Hall–Kier alpha value is -1.26. The number of nitrogens with zero attached hydrogens (tertiary/aromatic N) is 2. The van der Waals surface area contributed by atoms with Crippen LogP contribution in [0.3, 0.4) is 0 Å². The molecule has 0 saturated heterocycles. The van der Waals surface area contributed by atoms with Gasteiger partial charge in [0.25, 0.3) is 0 Å². The van der Waals surface area contributed by atoms with Gasteiger partial charge >= 0.3 is 0 Å². The maximum absolute atomic E-state index is 4.26. The summed E-state index contributed by atoms with van der Waals surface area (Å²) in [5, 5.41) is 6.50. The summed E-state index contributed by atoms with van der Waals surface area (Å²) in [6, 6.07) is 6.22. The first kappa shape index (κ1) is 10.3. The van der Waals surface area contributed by atoms with Crippen LogP contribution in [0.15, 0.2) is 36.0 Å². The Morgan fingerprint density at radius 1 is 1.33 bits per heavy atom. The third-order valence-corrected chi connectivity index (χ3v) is 3.10. The molecule has 2 aromatic rings. The van der Waals surface area contributed by atoms with Gasteiger partial charge in [0.15, 0.2) is 0 Å². The smallest absolute Gasteiger partial charge is 0.109 e. The minimum Gasteiger partial charge on any atom is -0.302 e. The molecule has 0 spiro atoms. The first-order chi connectivity index (χ1) is 7.36. The monoisotopic (exact) mass is 219 g/mol. The quantitative estimate of drug-likeness (QED) is 0.858. The fourth-order valence-corrected chi connectivity index (χ4v) is 1.97. The van der Waals surface area contributed by atoms with Crippen LogP contribution < -0.4 is 5.32 Å². The molecule has 0 aliphatic rings. The summed E-state index contributed by atoms with van der Waals surface area (Å²) < 4.78 is 0. The minimum atomic E-state index is 0.284. The topological polar surface area (TPSA) is 37.8 Å². The van der Waals surface area contributed by atoms with Crippen molar-refractivity contribution in [1.82, 2.24) is 15.3 Å². The summed E-state index contributed by atoms with van der Waals surface area (Å²) in [5.74, 6) is 0. The zero-order valence-corrected chi connectivity index (χ0v) is 9.37. The van der Waals surface area contributed by atoms with Gasteiger partial charge < -0.3 is 5.32 Å². The molecule has 1 atom stereocenters. The summed E-state index contributed by atoms with van der Waals surface area (Å²) in [5.41, 5.74) is 1.06. The predicted molar refractivity (Wildman–Crippen MR) is 61.6 cm³/mol. The molecule has 2 heterocycles. The Labute approximate surface area is 93.2 Å². The van der Waals surface area contributed by atoms with E-state index in [4.69, 9.17) is 0 Å². The fraction of sp³-hybridized carbons (Fsp3) is 0.273. The van der Waals surface area contributed by atoms with Crippen molar-refractivity contribution in [3.05, 3.63) is 46.7 Å². The van der Waals surface area contributed by atoms with E-state index in [0.29, 0.717) is 0 Å². The molecule has 2 rings (SSSR count). The molecular weight excluding hydrogens is 206 g/mol. The van der Waals surface area contributed by atoms with Gasteiger partial charge in [-0.25, -0.2) is 4.98 Å². The van der Waals surface area contributed by atoms with Crippen molar-refractivity contribution in [3.63, 3.8) is 0 Å². The van der Waals surface area contributed by atoms with Gasteiger partial charge in [-0.05, 0) is 19.1 Å². The Balaban J connectivity index is 1.89. The van der Waals surface area contributed by atoms with Gasteiger partial charge in [0, 0.05) is 24.3 Å². The number of thiazole rings is 1. The highest BCUT2D eigenvalue weighted by Crippen LogP contribution is 2.14. The van der Waals surface area contributed by atoms with Gasteiger partial charge in [-0.15, -0.1) is 11.3 Å². The lowest BCUT2D eigenvalue weighted by atomic mass is 10.3. The molecule has 0 aliphatic carbocycles. The maximum atomic E-state index is 4.26. The average molecular weight is 219 g/mol. The molecule has 1 N–H and O–H groups in total. The zero-order valence-electron chi connectivity index (χ0n) is 8.55. The SMILES string of the molecule is C[C@@H](NCc1ccccn1)c1nccs1. The zero-order chi connectivity index (χ0) is 10.5. The van der Waals surface area contributed by atoms with Crippen LogP contribution in [0.1, 0.15) is 23.7 Å². The third kappa shape index (κ3) is 2.84. The second-order valence-electron chi connectivity index (χ2n) is 3.29. The Morgan fingerprint density at radius 3 is 2.93 bits per heavy atom. The van der Waals surface area contributed by atoms with Crippen molar-refractivity contribution in [1.29, 1.82) is 0 Å². The summed E-state index contributed by atoms with van der Waals surface area (Å²) in [7, 11) is 0. The van der Waals surface area contributed by atoms with Crippen molar-refractivity contribution in [2.75, 3.05) is 0 Å². The molecule has 0 amide bonds. The van der Waals surface area contributed by atoms with Crippen LogP contribution in [0, 0.1) is 0 Å². The molecule has 15 heavy (non-hydrogen) atoms. The largest absolute Gasteiger partial charge is 0.302 e. The van der Waals surface area contributed by atoms with Crippen molar-refractivity contribution >= 4 is 11.3 Å².